The van der Waals surface area contributed by atoms with E-state index in [2.05, 4.69) is 10.3 Å². The number of carbonyl (C=O) groups excluding carboxylic acids is 1. The van der Waals surface area contributed by atoms with Crippen LogP contribution in [0.5, 0.6) is 17.2 Å². The highest BCUT2D eigenvalue weighted by Gasteiger charge is 2.29. The first kappa shape index (κ1) is 24.6. The molecule has 3 aromatic carbocycles. The Hall–Kier alpha value is -4.07. The molecular formula is C28H20Cl2N2O5. The number of fused-ring (bicyclic) bond motifs is 1. The summed E-state index contributed by atoms with van der Waals surface area (Å²) in [6.45, 7) is 0.297. The Morgan fingerprint density at radius 1 is 1.00 bits per heavy atom. The molecule has 2 heterocycles. The summed E-state index contributed by atoms with van der Waals surface area (Å²) in [7, 11) is 0. The van der Waals surface area contributed by atoms with Crippen molar-refractivity contribution >= 4 is 40.9 Å². The van der Waals surface area contributed by atoms with Crippen LogP contribution in [0.15, 0.2) is 79.0 Å². The lowest BCUT2D eigenvalue weighted by atomic mass is 9.93. The zero-order chi connectivity index (χ0) is 25.9. The van der Waals surface area contributed by atoms with E-state index in [-0.39, 0.29) is 10.9 Å². The molecule has 5 rings (SSSR count). The quantitative estimate of drug-likeness (QED) is 0.275. The number of carbonyl (C=O) groups is 2. The van der Waals surface area contributed by atoms with E-state index in [1.165, 1.54) is 0 Å². The van der Waals surface area contributed by atoms with Crippen LogP contribution in [0.25, 0.3) is 11.1 Å². The van der Waals surface area contributed by atoms with Crippen molar-refractivity contribution in [3.8, 4) is 28.4 Å². The number of aliphatic carboxylic acids is 1. The van der Waals surface area contributed by atoms with Crippen molar-refractivity contribution in [2.45, 2.75) is 12.3 Å². The third kappa shape index (κ3) is 5.53. The molecule has 1 unspecified atom stereocenters. The number of halogens is 2. The van der Waals surface area contributed by atoms with Gasteiger partial charge in [0.15, 0.2) is 0 Å². The molecule has 1 aliphatic rings. The molecule has 0 spiro atoms. The smallest absolute Gasteiger partial charge is 0.311 e. The largest absolute Gasteiger partial charge is 0.493 e. The van der Waals surface area contributed by atoms with E-state index in [1.807, 2.05) is 24.3 Å². The molecule has 0 saturated carbocycles. The van der Waals surface area contributed by atoms with E-state index < -0.39 is 11.9 Å². The van der Waals surface area contributed by atoms with E-state index in [0.29, 0.717) is 52.2 Å². The van der Waals surface area contributed by atoms with E-state index in [9.17, 15) is 14.7 Å². The number of benzene rings is 3. The Morgan fingerprint density at radius 2 is 1.78 bits per heavy atom. The fourth-order valence-corrected chi connectivity index (χ4v) is 4.46. The van der Waals surface area contributed by atoms with Gasteiger partial charge in [0.25, 0.3) is 5.91 Å². The second kappa shape index (κ2) is 10.5. The number of rotatable bonds is 6. The number of carboxylic acids is 1. The van der Waals surface area contributed by atoms with Gasteiger partial charge >= 0.3 is 5.97 Å². The molecule has 0 bridgehead atoms. The van der Waals surface area contributed by atoms with Gasteiger partial charge in [0.05, 0.1) is 17.5 Å². The fourth-order valence-electron chi connectivity index (χ4n) is 4.06. The van der Waals surface area contributed by atoms with Crippen molar-refractivity contribution in [3.05, 3.63) is 100 Å². The minimum absolute atomic E-state index is 0.267. The number of nitrogens with one attached hydrogen (secondary N) is 1. The Bertz CT molecular complexity index is 1490. The minimum Gasteiger partial charge on any atom is -0.493 e. The van der Waals surface area contributed by atoms with Crippen molar-refractivity contribution in [3.63, 3.8) is 0 Å². The molecule has 0 radical (unpaired) electrons. The van der Waals surface area contributed by atoms with Crippen molar-refractivity contribution < 1.29 is 24.2 Å². The van der Waals surface area contributed by atoms with E-state index in [0.717, 1.165) is 11.1 Å². The van der Waals surface area contributed by atoms with Crippen LogP contribution in [0.2, 0.25) is 10.0 Å². The van der Waals surface area contributed by atoms with Crippen LogP contribution in [0.1, 0.15) is 28.3 Å². The molecule has 2 N–H and O–H groups in total. The van der Waals surface area contributed by atoms with Crippen LogP contribution in [-0.4, -0.2) is 28.6 Å². The molecule has 37 heavy (non-hydrogen) atoms. The zero-order valence-corrected chi connectivity index (χ0v) is 20.8. The molecule has 1 aliphatic heterocycles. The molecule has 1 amide bonds. The zero-order valence-electron chi connectivity index (χ0n) is 19.3. The summed E-state index contributed by atoms with van der Waals surface area (Å²) in [6.07, 6.45) is 2.00. The van der Waals surface area contributed by atoms with E-state index in [1.54, 1.807) is 54.7 Å². The van der Waals surface area contributed by atoms with Gasteiger partial charge in [-0.15, -0.1) is 0 Å². The van der Waals surface area contributed by atoms with Gasteiger partial charge in [0.1, 0.15) is 23.1 Å². The summed E-state index contributed by atoms with van der Waals surface area (Å²) in [5.41, 5.74) is 2.72. The van der Waals surface area contributed by atoms with Crippen LogP contribution in [-0.2, 0) is 4.79 Å². The molecule has 7 nitrogen and oxygen atoms in total. The summed E-state index contributed by atoms with van der Waals surface area (Å²) >= 11 is 12.5. The van der Waals surface area contributed by atoms with Crippen LogP contribution in [0.3, 0.4) is 0 Å². The van der Waals surface area contributed by atoms with Crippen molar-refractivity contribution in [2.75, 3.05) is 11.9 Å². The van der Waals surface area contributed by atoms with Gasteiger partial charge in [-0.1, -0.05) is 35.3 Å². The van der Waals surface area contributed by atoms with Gasteiger partial charge in [-0.05, 0) is 72.1 Å². The van der Waals surface area contributed by atoms with Gasteiger partial charge < -0.3 is 19.9 Å². The normalized spacial score (nSPS) is 14.3. The van der Waals surface area contributed by atoms with Gasteiger partial charge in [-0.3, -0.25) is 9.59 Å². The Balaban J connectivity index is 1.28. The molecule has 0 fully saturated rings. The first-order chi connectivity index (χ1) is 17.9. The summed E-state index contributed by atoms with van der Waals surface area (Å²) in [5.74, 6) is -0.314. The van der Waals surface area contributed by atoms with Crippen LogP contribution in [0, 0.1) is 0 Å². The second-order valence-electron chi connectivity index (χ2n) is 8.37. The number of hydrogen-bond acceptors (Lipinski definition) is 5. The van der Waals surface area contributed by atoms with Gasteiger partial charge in [0.2, 0.25) is 0 Å². The number of ether oxygens (including phenoxy) is 2. The number of pyridine rings is 1. The predicted octanol–water partition coefficient (Wildman–Crippen LogP) is 7.05. The lowest BCUT2D eigenvalue weighted by Crippen LogP contribution is -2.20. The fraction of sp³-hybridized carbons (Fsp3) is 0.107. The van der Waals surface area contributed by atoms with E-state index in [4.69, 9.17) is 32.7 Å². The van der Waals surface area contributed by atoms with Gasteiger partial charge in [0, 0.05) is 28.4 Å². The first-order valence-corrected chi connectivity index (χ1v) is 12.1. The molecule has 0 saturated heterocycles. The maximum absolute atomic E-state index is 12.8. The average Bonchev–Trinajstić information content (AvgIpc) is 2.89. The van der Waals surface area contributed by atoms with Gasteiger partial charge in [-0.25, -0.2) is 4.98 Å². The Morgan fingerprint density at radius 3 is 2.54 bits per heavy atom. The minimum atomic E-state index is -0.922. The molecule has 1 atom stereocenters. The summed E-state index contributed by atoms with van der Waals surface area (Å²) < 4.78 is 11.5. The van der Waals surface area contributed by atoms with Crippen LogP contribution in [0.4, 0.5) is 5.82 Å². The van der Waals surface area contributed by atoms with Crippen molar-refractivity contribution in [1.82, 2.24) is 4.98 Å². The van der Waals surface area contributed by atoms with Crippen LogP contribution >= 0.6 is 23.2 Å². The maximum atomic E-state index is 12.8. The van der Waals surface area contributed by atoms with E-state index >= 15 is 0 Å². The first-order valence-electron chi connectivity index (χ1n) is 11.4. The number of amides is 1. The summed E-state index contributed by atoms with van der Waals surface area (Å²) in [6, 6.07) is 20.7. The van der Waals surface area contributed by atoms with Crippen LogP contribution < -0.4 is 14.8 Å². The lowest BCUT2D eigenvalue weighted by Gasteiger charge is -2.24. The number of carboxylic acid groups (broad SMARTS) is 1. The highest BCUT2D eigenvalue weighted by atomic mass is 35.5. The summed E-state index contributed by atoms with van der Waals surface area (Å²) in [5, 5.41) is 13.1. The van der Waals surface area contributed by atoms with Crippen molar-refractivity contribution in [1.29, 1.82) is 0 Å². The monoisotopic (exact) mass is 534 g/mol. The molecule has 9 heteroatoms. The molecule has 1 aromatic heterocycles. The second-order valence-corrected chi connectivity index (χ2v) is 9.21. The molecule has 186 valence electrons. The highest BCUT2D eigenvalue weighted by Crippen LogP contribution is 2.41. The maximum Gasteiger partial charge on any atom is 0.311 e. The molecule has 4 aromatic rings. The van der Waals surface area contributed by atoms with Crippen molar-refractivity contribution in [2.24, 2.45) is 0 Å². The average molecular weight is 535 g/mol. The lowest BCUT2D eigenvalue weighted by molar-refractivity contribution is -0.139. The predicted molar refractivity (Wildman–Crippen MR) is 141 cm³/mol. The third-order valence-electron chi connectivity index (χ3n) is 5.91. The number of aromatic nitrogens is 1. The summed E-state index contributed by atoms with van der Waals surface area (Å²) in [4.78, 5) is 28.6. The Kier molecular flexibility index (Phi) is 6.99. The third-order valence-corrected chi connectivity index (χ3v) is 6.44. The van der Waals surface area contributed by atoms with Gasteiger partial charge in [-0.2, -0.15) is 0 Å². The molecular weight excluding hydrogens is 515 g/mol. The SMILES string of the molecule is O=C(Nc1cc(-c2cccc(Cl)c2)ccn1)c1ccc(Oc2cc3c(cc2Cl)C(C(=O)O)CCO3)cc1. The topological polar surface area (TPSA) is 97.8 Å². The Labute approximate surface area is 222 Å². The highest BCUT2D eigenvalue weighted by molar-refractivity contribution is 6.32. The number of nitrogens with zero attached hydrogens (tertiary/aromatic N) is 1. The molecule has 0 aliphatic carbocycles. The number of anilines is 1. The standard InChI is InChI=1S/C28H20Cl2N2O5/c29-19-3-1-2-17(12-19)18-8-10-31-26(13-18)32-27(33)16-4-6-20(7-5-16)37-25-15-24-22(14-23(25)30)21(28(34)35)9-11-36-24/h1-8,10,12-15,21H,9,11H2,(H,34,35)(H,31,32,33). The number of hydrogen-bond donors (Lipinski definition) is 2.